The van der Waals surface area contributed by atoms with Gasteiger partial charge in [0.15, 0.2) is 0 Å². The Hall–Kier alpha value is -1.15. The molecule has 0 saturated heterocycles. The molecule has 1 aliphatic rings. The lowest BCUT2D eigenvalue weighted by Crippen LogP contribution is -2.28. The van der Waals surface area contributed by atoms with Crippen LogP contribution in [0.2, 0.25) is 0 Å². The number of aryl methyl sites for hydroxylation is 1. The van der Waals surface area contributed by atoms with Gasteiger partial charge < -0.3 is 5.32 Å². The maximum absolute atomic E-state index is 12.2. The Bertz CT molecular complexity index is 427. The van der Waals surface area contributed by atoms with Crippen LogP contribution in [-0.4, -0.2) is 18.4 Å². The topological polar surface area (TPSA) is 29.1 Å². The van der Waals surface area contributed by atoms with Gasteiger partial charge in [-0.3, -0.25) is 4.79 Å². The lowest BCUT2D eigenvalue weighted by atomic mass is 9.80. The van der Waals surface area contributed by atoms with E-state index in [9.17, 15) is 4.79 Å². The minimum absolute atomic E-state index is 0.302. The van der Waals surface area contributed by atoms with Crippen LogP contribution in [-0.2, 0) is 11.2 Å². The van der Waals surface area contributed by atoms with Gasteiger partial charge >= 0.3 is 0 Å². The molecule has 0 amide bonds. The number of ketones is 1. The first-order chi connectivity index (χ1) is 9.20. The number of fused-ring (bicyclic) bond motifs is 1. The van der Waals surface area contributed by atoms with Gasteiger partial charge in [-0.1, -0.05) is 31.2 Å². The Morgan fingerprint density at radius 3 is 3.00 bits per heavy atom. The van der Waals surface area contributed by atoms with E-state index in [2.05, 4.69) is 43.4 Å². The summed E-state index contributed by atoms with van der Waals surface area (Å²) in [7, 11) is 0. The van der Waals surface area contributed by atoms with E-state index in [0.717, 1.165) is 6.54 Å². The zero-order valence-electron chi connectivity index (χ0n) is 12.1. The van der Waals surface area contributed by atoms with Crippen molar-refractivity contribution in [3.63, 3.8) is 0 Å². The van der Waals surface area contributed by atoms with Crippen LogP contribution in [0.5, 0.6) is 0 Å². The van der Waals surface area contributed by atoms with Crippen molar-refractivity contribution in [2.24, 2.45) is 0 Å². The van der Waals surface area contributed by atoms with Crippen molar-refractivity contribution in [2.75, 3.05) is 6.54 Å². The maximum atomic E-state index is 12.2. The molecule has 0 radical (unpaired) electrons. The Labute approximate surface area is 116 Å². The fourth-order valence-electron chi connectivity index (χ4n) is 3.19. The molecule has 0 saturated carbocycles. The summed E-state index contributed by atoms with van der Waals surface area (Å²) in [5.74, 6) is 0.849. The van der Waals surface area contributed by atoms with E-state index in [1.807, 2.05) is 0 Å². The van der Waals surface area contributed by atoms with Gasteiger partial charge in [-0.25, -0.2) is 0 Å². The van der Waals surface area contributed by atoms with Gasteiger partial charge in [-0.05, 0) is 49.8 Å². The van der Waals surface area contributed by atoms with Gasteiger partial charge in [0.25, 0.3) is 0 Å². The molecule has 2 unspecified atom stereocenters. The van der Waals surface area contributed by atoms with Crippen LogP contribution in [0.3, 0.4) is 0 Å². The van der Waals surface area contributed by atoms with Gasteiger partial charge in [-0.15, -0.1) is 0 Å². The molecule has 0 fully saturated rings. The van der Waals surface area contributed by atoms with E-state index in [4.69, 9.17) is 0 Å². The van der Waals surface area contributed by atoms with E-state index in [-0.39, 0.29) is 0 Å². The molecule has 1 aliphatic carbocycles. The van der Waals surface area contributed by atoms with Crippen molar-refractivity contribution < 1.29 is 4.79 Å². The third kappa shape index (κ3) is 3.90. The first kappa shape index (κ1) is 14.3. The summed E-state index contributed by atoms with van der Waals surface area (Å²) in [6.45, 7) is 5.11. The van der Waals surface area contributed by atoms with E-state index in [1.54, 1.807) is 0 Å². The molecule has 104 valence electrons. The molecule has 2 atom stereocenters. The lowest BCUT2D eigenvalue weighted by molar-refractivity contribution is -0.119. The number of benzene rings is 1. The molecule has 1 aromatic carbocycles. The number of hydrogen-bond acceptors (Lipinski definition) is 2. The number of rotatable bonds is 6. The third-order valence-electron chi connectivity index (χ3n) is 4.05. The molecule has 0 aromatic heterocycles. The van der Waals surface area contributed by atoms with Crippen molar-refractivity contribution in [2.45, 2.75) is 57.9 Å². The zero-order valence-corrected chi connectivity index (χ0v) is 12.1. The standard InChI is InChI=1S/C17H25NO/c1-3-18-13(2)11-16(19)12-15-9-6-8-14-7-4-5-10-17(14)15/h4-5,7,10,13,15,18H,3,6,8-9,11-12H2,1-2H3. The van der Waals surface area contributed by atoms with E-state index in [1.165, 1.54) is 30.4 Å². The number of hydrogen-bond donors (Lipinski definition) is 1. The van der Waals surface area contributed by atoms with E-state index >= 15 is 0 Å². The number of carbonyl (C=O) groups is 1. The van der Waals surface area contributed by atoms with Gasteiger partial charge in [0.1, 0.15) is 5.78 Å². The van der Waals surface area contributed by atoms with Crippen molar-refractivity contribution in [1.82, 2.24) is 5.32 Å². The van der Waals surface area contributed by atoms with Gasteiger partial charge in [0, 0.05) is 18.9 Å². The average molecular weight is 259 g/mol. The Morgan fingerprint density at radius 2 is 2.21 bits per heavy atom. The molecule has 0 spiro atoms. The molecule has 19 heavy (non-hydrogen) atoms. The summed E-state index contributed by atoms with van der Waals surface area (Å²) in [6, 6.07) is 8.93. The molecule has 0 aliphatic heterocycles. The van der Waals surface area contributed by atoms with E-state index < -0.39 is 0 Å². The second-order valence-corrected chi connectivity index (χ2v) is 5.69. The first-order valence-corrected chi connectivity index (χ1v) is 7.53. The highest BCUT2D eigenvalue weighted by molar-refractivity contribution is 5.80. The van der Waals surface area contributed by atoms with Crippen LogP contribution in [0.1, 0.15) is 56.6 Å². The highest BCUT2D eigenvalue weighted by Crippen LogP contribution is 2.34. The van der Waals surface area contributed by atoms with Crippen molar-refractivity contribution >= 4 is 5.78 Å². The second-order valence-electron chi connectivity index (χ2n) is 5.69. The Kier molecular flexibility index (Phi) is 5.15. The molecule has 1 N–H and O–H groups in total. The van der Waals surface area contributed by atoms with Crippen molar-refractivity contribution in [1.29, 1.82) is 0 Å². The van der Waals surface area contributed by atoms with Crippen molar-refractivity contribution in [3.8, 4) is 0 Å². The smallest absolute Gasteiger partial charge is 0.135 e. The fourth-order valence-corrected chi connectivity index (χ4v) is 3.19. The molecule has 2 rings (SSSR count). The highest BCUT2D eigenvalue weighted by Gasteiger charge is 2.22. The van der Waals surface area contributed by atoms with Crippen LogP contribution >= 0.6 is 0 Å². The summed E-state index contributed by atoms with van der Waals surface area (Å²) >= 11 is 0. The van der Waals surface area contributed by atoms with Gasteiger partial charge in [-0.2, -0.15) is 0 Å². The summed E-state index contributed by atoms with van der Waals surface area (Å²) in [5, 5.41) is 3.31. The van der Waals surface area contributed by atoms with Crippen LogP contribution in [0.25, 0.3) is 0 Å². The number of Topliss-reactive ketones (excluding diaryl/α,β-unsaturated/α-hetero) is 1. The largest absolute Gasteiger partial charge is 0.314 e. The predicted molar refractivity (Wildman–Crippen MR) is 79.5 cm³/mol. The molecule has 0 bridgehead atoms. The van der Waals surface area contributed by atoms with Crippen LogP contribution in [0.15, 0.2) is 24.3 Å². The molecule has 2 nitrogen and oxygen atoms in total. The maximum Gasteiger partial charge on any atom is 0.135 e. The number of nitrogens with one attached hydrogen (secondary N) is 1. The molecule has 0 heterocycles. The lowest BCUT2D eigenvalue weighted by Gasteiger charge is -2.25. The summed E-state index contributed by atoms with van der Waals surface area (Å²) in [4.78, 5) is 12.2. The average Bonchev–Trinajstić information content (AvgIpc) is 2.39. The van der Waals surface area contributed by atoms with Crippen LogP contribution in [0.4, 0.5) is 0 Å². The third-order valence-corrected chi connectivity index (χ3v) is 4.05. The zero-order chi connectivity index (χ0) is 13.7. The molecule has 2 heteroatoms. The summed E-state index contributed by atoms with van der Waals surface area (Å²) < 4.78 is 0. The quantitative estimate of drug-likeness (QED) is 0.847. The first-order valence-electron chi connectivity index (χ1n) is 7.53. The summed E-state index contributed by atoms with van der Waals surface area (Å²) in [6.07, 6.45) is 4.93. The summed E-state index contributed by atoms with van der Waals surface area (Å²) in [5.41, 5.74) is 2.87. The monoisotopic (exact) mass is 259 g/mol. The fraction of sp³-hybridized carbons (Fsp3) is 0.588. The SMILES string of the molecule is CCNC(C)CC(=O)CC1CCCc2ccccc21. The Morgan fingerprint density at radius 1 is 1.42 bits per heavy atom. The van der Waals surface area contributed by atoms with E-state index in [0.29, 0.717) is 30.6 Å². The highest BCUT2D eigenvalue weighted by atomic mass is 16.1. The van der Waals surface area contributed by atoms with Crippen molar-refractivity contribution in [3.05, 3.63) is 35.4 Å². The normalized spacial score (nSPS) is 19.8. The minimum atomic E-state index is 0.302. The minimum Gasteiger partial charge on any atom is -0.314 e. The second kappa shape index (κ2) is 6.85. The van der Waals surface area contributed by atoms with Gasteiger partial charge in [0.2, 0.25) is 0 Å². The predicted octanol–water partition coefficient (Wildman–Crippen LogP) is 3.45. The number of carbonyl (C=O) groups excluding carboxylic acids is 1. The Balaban J connectivity index is 1.95. The van der Waals surface area contributed by atoms with Crippen LogP contribution < -0.4 is 5.32 Å². The van der Waals surface area contributed by atoms with Gasteiger partial charge in [0.05, 0.1) is 0 Å². The molecular weight excluding hydrogens is 234 g/mol. The van der Waals surface area contributed by atoms with Crippen LogP contribution in [0, 0.1) is 0 Å². The molecular formula is C17H25NO. The molecule has 1 aromatic rings.